The van der Waals surface area contributed by atoms with Gasteiger partial charge in [0.1, 0.15) is 6.04 Å². The van der Waals surface area contributed by atoms with E-state index >= 15 is 0 Å². The van der Waals surface area contributed by atoms with Crippen LogP contribution in [-0.4, -0.2) is 60.5 Å². The zero-order chi connectivity index (χ0) is 12.5. The van der Waals surface area contributed by atoms with Crippen molar-refractivity contribution in [2.24, 2.45) is 0 Å². The van der Waals surface area contributed by atoms with Gasteiger partial charge in [-0.05, 0) is 26.8 Å². The van der Waals surface area contributed by atoms with Crippen molar-refractivity contribution in [1.82, 2.24) is 4.90 Å². The van der Waals surface area contributed by atoms with Crippen LogP contribution in [0.25, 0.3) is 0 Å². The number of carbonyl (C=O) groups is 1. The van der Waals surface area contributed by atoms with Gasteiger partial charge in [-0.1, -0.05) is 0 Å². The summed E-state index contributed by atoms with van der Waals surface area (Å²) in [7, 11) is 1.89. The lowest BCUT2D eigenvalue weighted by molar-refractivity contribution is -0.147. The van der Waals surface area contributed by atoms with Crippen molar-refractivity contribution in [3.8, 4) is 0 Å². The summed E-state index contributed by atoms with van der Waals surface area (Å²) in [5, 5.41) is 9.04. The molecule has 0 amide bonds. The maximum Gasteiger partial charge on any atom is 0.320 e. The van der Waals surface area contributed by atoms with E-state index in [0.29, 0.717) is 13.2 Å². The molecule has 17 heavy (non-hydrogen) atoms. The molecule has 2 aliphatic heterocycles. The average Bonchev–Trinajstić information content (AvgIpc) is 2.75. The molecule has 5 nitrogen and oxygen atoms in total. The number of carboxylic acids is 1. The lowest BCUT2D eigenvalue weighted by Gasteiger charge is -2.42. The highest BCUT2D eigenvalue weighted by Crippen LogP contribution is 2.34. The molecule has 0 aromatic rings. The first-order valence-corrected chi connectivity index (χ1v) is 6.20. The van der Waals surface area contributed by atoms with Crippen molar-refractivity contribution in [3.05, 3.63) is 0 Å². The fraction of sp³-hybridized carbons (Fsp3) is 0.917. The molecule has 1 spiro atoms. The Labute approximate surface area is 102 Å². The van der Waals surface area contributed by atoms with Crippen LogP contribution >= 0.6 is 0 Å². The van der Waals surface area contributed by atoms with Crippen molar-refractivity contribution >= 4 is 5.97 Å². The normalized spacial score (nSPS) is 35.4. The van der Waals surface area contributed by atoms with Crippen LogP contribution in [-0.2, 0) is 14.3 Å². The van der Waals surface area contributed by atoms with E-state index in [1.165, 1.54) is 0 Å². The van der Waals surface area contributed by atoms with E-state index in [1.54, 1.807) is 6.92 Å². The fourth-order valence-electron chi connectivity index (χ4n) is 2.70. The molecule has 1 N–H and O–H groups in total. The van der Waals surface area contributed by atoms with Crippen molar-refractivity contribution in [1.29, 1.82) is 0 Å². The molecule has 0 saturated carbocycles. The van der Waals surface area contributed by atoms with E-state index in [1.807, 2.05) is 11.9 Å². The molecule has 5 heteroatoms. The average molecular weight is 243 g/mol. The van der Waals surface area contributed by atoms with Gasteiger partial charge >= 0.3 is 5.97 Å². The summed E-state index contributed by atoms with van der Waals surface area (Å²) < 4.78 is 11.3. The Morgan fingerprint density at radius 3 is 2.88 bits per heavy atom. The highest BCUT2D eigenvalue weighted by molar-refractivity contribution is 5.72. The minimum Gasteiger partial charge on any atom is -0.480 e. The Balaban J connectivity index is 1.99. The molecule has 2 fully saturated rings. The molecule has 2 aliphatic rings. The molecule has 0 aromatic carbocycles. The van der Waals surface area contributed by atoms with E-state index in [-0.39, 0.29) is 11.6 Å². The third kappa shape index (κ3) is 2.61. The van der Waals surface area contributed by atoms with Crippen LogP contribution in [0.4, 0.5) is 0 Å². The number of aliphatic carboxylic acids is 1. The second kappa shape index (κ2) is 4.92. The summed E-state index contributed by atoms with van der Waals surface area (Å²) in [6.45, 7) is 3.84. The molecule has 0 aliphatic carbocycles. The number of carboxylic acid groups (broad SMARTS) is 1. The third-order valence-electron chi connectivity index (χ3n) is 4.08. The first-order valence-electron chi connectivity index (χ1n) is 6.20. The Kier molecular flexibility index (Phi) is 3.70. The van der Waals surface area contributed by atoms with E-state index in [9.17, 15) is 4.79 Å². The topological polar surface area (TPSA) is 59.0 Å². The first-order chi connectivity index (χ1) is 8.04. The second-order valence-electron chi connectivity index (χ2n) is 5.16. The first kappa shape index (κ1) is 12.8. The summed E-state index contributed by atoms with van der Waals surface area (Å²) in [5.74, 6) is -0.768. The van der Waals surface area contributed by atoms with Crippen molar-refractivity contribution in [2.45, 2.75) is 43.9 Å². The molecule has 0 bridgehead atoms. The zero-order valence-electron chi connectivity index (χ0n) is 10.5. The van der Waals surface area contributed by atoms with Gasteiger partial charge in [-0.2, -0.15) is 0 Å². The molecular formula is C12H21NO4. The smallest absolute Gasteiger partial charge is 0.320 e. The monoisotopic (exact) mass is 243 g/mol. The van der Waals surface area contributed by atoms with E-state index in [4.69, 9.17) is 14.6 Å². The van der Waals surface area contributed by atoms with Gasteiger partial charge in [-0.25, -0.2) is 0 Å². The van der Waals surface area contributed by atoms with Crippen LogP contribution in [0.5, 0.6) is 0 Å². The summed E-state index contributed by atoms with van der Waals surface area (Å²) >= 11 is 0. The summed E-state index contributed by atoms with van der Waals surface area (Å²) in [6, 6.07) is -0.172. The van der Waals surface area contributed by atoms with Crippen LogP contribution < -0.4 is 0 Å². The SMILES string of the molecule is CC(C(=O)O)N(C)C1CCOC2(CCOC2)C1. The summed E-state index contributed by atoms with van der Waals surface area (Å²) in [5.41, 5.74) is -0.157. The zero-order valence-corrected chi connectivity index (χ0v) is 10.5. The molecule has 98 valence electrons. The van der Waals surface area contributed by atoms with Gasteiger partial charge in [0.2, 0.25) is 0 Å². The molecule has 0 aromatic heterocycles. The van der Waals surface area contributed by atoms with Crippen LogP contribution in [0, 0.1) is 0 Å². The highest BCUT2D eigenvalue weighted by atomic mass is 16.6. The summed E-state index contributed by atoms with van der Waals surface area (Å²) in [6.07, 6.45) is 2.70. The number of hydrogen-bond donors (Lipinski definition) is 1. The molecule has 2 rings (SSSR count). The van der Waals surface area contributed by atoms with E-state index in [0.717, 1.165) is 25.9 Å². The van der Waals surface area contributed by atoms with Gasteiger partial charge in [0, 0.05) is 25.7 Å². The lowest BCUT2D eigenvalue weighted by Crippen LogP contribution is -2.51. The second-order valence-corrected chi connectivity index (χ2v) is 5.16. The predicted octanol–water partition coefficient (Wildman–Crippen LogP) is 0.729. The maximum atomic E-state index is 11.0. The van der Waals surface area contributed by atoms with Crippen LogP contribution in [0.3, 0.4) is 0 Å². The van der Waals surface area contributed by atoms with Gasteiger partial charge < -0.3 is 14.6 Å². The molecule has 0 radical (unpaired) electrons. The van der Waals surface area contributed by atoms with Crippen LogP contribution in [0.15, 0.2) is 0 Å². The Morgan fingerprint density at radius 1 is 1.53 bits per heavy atom. The standard InChI is InChI=1S/C12H21NO4/c1-9(11(14)15)13(2)10-3-5-17-12(7-10)4-6-16-8-12/h9-10H,3-8H2,1-2H3,(H,14,15). The Morgan fingerprint density at radius 2 is 2.29 bits per heavy atom. The van der Waals surface area contributed by atoms with Crippen molar-refractivity contribution < 1.29 is 19.4 Å². The molecule has 2 saturated heterocycles. The number of nitrogens with zero attached hydrogens (tertiary/aromatic N) is 1. The molecular weight excluding hydrogens is 222 g/mol. The Hall–Kier alpha value is -0.650. The minimum absolute atomic E-state index is 0.157. The van der Waals surface area contributed by atoms with Gasteiger partial charge in [0.15, 0.2) is 0 Å². The maximum absolute atomic E-state index is 11.0. The quantitative estimate of drug-likeness (QED) is 0.792. The van der Waals surface area contributed by atoms with Crippen LogP contribution in [0.1, 0.15) is 26.2 Å². The fourth-order valence-corrected chi connectivity index (χ4v) is 2.70. The van der Waals surface area contributed by atoms with Crippen molar-refractivity contribution in [2.75, 3.05) is 26.9 Å². The molecule has 2 heterocycles. The number of rotatable bonds is 3. The van der Waals surface area contributed by atoms with Crippen molar-refractivity contribution in [3.63, 3.8) is 0 Å². The minimum atomic E-state index is -0.768. The third-order valence-corrected chi connectivity index (χ3v) is 4.08. The van der Waals surface area contributed by atoms with Crippen LogP contribution in [0.2, 0.25) is 0 Å². The highest BCUT2D eigenvalue weighted by Gasteiger charge is 2.42. The number of ether oxygens (including phenoxy) is 2. The lowest BCUT2D eigenvalue weighted by atomic mass is 9.88. The number of hydrogen-bond acceptors (Lipinski definition) is 4. The molecule has 3 unspecified atom stereocenters. The van der Waals surface area contributed by atoms with Gasteiger partial charge in [-0.15, -0.1) is 0 Å². The van der Waals surface area contributed by atoms with Gasteiger partial charge in [0.05, 0.1) is 12.2 Å². The summed E-state index contributed by atoms with van der Waals surface area (Å²) in [4.78, 5) is 12.9. The number of likely N-dealkylation sites (N-methyl/N-ethyl adjacent to an activating group) is 1. The largest absolute Gasteiger partial charge is 0.480 e. The predicted molar refractivity (Wildman–Crippen MR) is 62.0 cm³/mol. The molecule has 3 atom stereocenters. The van der Waals surface area contributed by atoms with E-state index < -0.39 is 12.0 Å². The Bertz CT molecular complexity index is 288. The van der Waals surface area contributed by atoms with Gasteiger partial charge in [-0.3, -0.25) is 9.69 Å². The van der Waals surface area contributed by atoms with E-state index in [2.05, 4.69) is 0 Å². The van der Waals surface area contributed by atoms with Gasteiger partial charge in [0.25, 0.3) is 0 Å².